The molecule has 0 spiro atoms. The molecule has 0 aliphatic rings. The minimum absolute atomic E-state index is 0.0842. The summed E-state index contributed by atoms with van der Waals surface area (Å²) in [5, 5.41) is 12.7. The van der Waals surface area contributed by atoms with Gasteiger partial charge in [0.15, 0.2) is 5.71 Å². The predicted octanol–water partition coefficient (Wildman–Crippen LogP) is -0.199. The SMILES string of the molecule is CO/N=C(/C(=O)OC)c1cnc(C)nc1CO. The van der Waals surface area contributed by atoms with Crippen LogP contribution in [0, 0.1) is 6.92 Å². The maximum absolute atomic E-state index is 11.5. The molecule has 17 heavy (non-hydrogen) atoms. The van der Waals surface area contributed by atoms with Gasteiger partial charge in [0.25, 0.3) is 0 Å². The average Bonchev–Trinajstić information content (AvgIpc) is 2.35. The summed E-state index contributed by atoms with van der Waals surface area (Å²) < 4.78 is 4.56. The van der Waals surface area contributed by atoms with E-state index in [0.29, 0.717) is 11.5 Å². The number of aliphatic hydroxyl groups excluding tert-OH is 1. The van der Waals surface area contributed by atoms with Gasteiger partial charge in [0.05, 0.1) is 25.0 Å². The lowest BCUT2D eigenvalue weighted by atomic mass is 10.1. The first-order valence-corrected chi connectivity index (χ1v) is 4.77. The van der Waals surface area contributed by atoms with Gasteiger partial charge in [0, 0.05) is 6.20 Å². The van der Waals surface area contributed by atoms with Gasteiger partial charge in [-0.3, -0.25) is 0 Å². The van der Waals surface area contributed by atoms with Crippen LogP contribution in [0.5, 0.6) is 0 Å². The first kappa shape index (κ1) is 13.0. The third-order valence-electron chi connectivity index (χ3n) is 1.95. The average molecular weight is 239 g/mol. The van der Waals surface area contributed by atoms with Gasteiger partial charge in [-0.15, -0.1) is 0 Å². The Labute approximate surface area is 98.1 Å². The molecule has 1 aromatic rings. The number of esters is 1. The van der Waals surface area contributed by atoms with E-state index in [4.69, 9.17) is 0 Å². The molecular formula is C10H13N3O4. The number of methoxy groups -OCH3 is 1. The molecule has 92 valence electrons. The van der Waals surface area contributed by atoms with Crippen molar-refractivity contribution in [2.24, 2.45) is 5.16 Å². The van der Waals surface area contributed by atoms with Crippen molar-refractivity contribution in [3.8, 4) is 0 Å². The summed E-state index contributed by atoms with van der Waals surface area (Å²) in [5.41, 5.74) is 0.490. The highest BCUT2D eigenvalue weighted by molar-refractivity contribution is 6.43. The Balaban J connectivity index is 3.28. The molecule has 0 amide bonds. The normalized spacial score (nSPS) is 11.2. The number of aryl methyl sites for hydroxylation is 1. The summed E-state index contributed by atoms with van der Waals surface area (Å²) in [7, 11) is 2.53. The molecule has 0 fully saturated rings. The monoisotopic (exact) mass is 239 g/mol. The summed E-state index contributed by atoms with van der Waals surface area (Å²) in [6.07, 6.45) is 1.39. The standard InChI is InChI=1S/C10H13N3O4/c1-6-11-4-7(8(5-14)12-6)9(13-17-3)10(15)16-2/h4,14H,5H2,1-3H3/b13-9+. The van der Waals surface area contributed by atoms with Gasteiger partial charge in [-0.2, -0.15) is 0 Å². The van der Waals surface area contributed by atoms with Crippen molar-refractivity contribution >= 4 is 11.7 Å². The van der Waals surface area contributed by atoms with E-state index in [9.17, 15) is 9.90 Å². The van der Waals surface area contributed by atoms with Crippen molar-refractivity contribution in [3.63, 3.8) is 0 Å². The van der Waals surface area contributed by atoms with E-state index < -0.39 is 5.97 Å². The van der Waals surface area contributed by atoms with Crippen molar-refractivity contribution < 1.29 is 19.5 Å². The second-order valence-corrected chi connectivity index (χ2v) is 3.05. The Bertz CT molecular complexity index is 445. The molecule has 1 heterocycles. The second-order valence-electron chi connectivity index (χ2n) is 3.05. The Morgan fingerprint density at radius 2 is 2.24 bits per heavy atom. The van der Waals surface area contributed by atoms with Gasteiger partial charge in [-0.1, -0.05) is 5.16 Å². The zero-order valence-electron chi connectivity index (χ0n) is 9.80. The van der Waals surface area contributed by atoms with Crippen LogP contribution in [0.15, 0.2) is 11.4 Å². The fourth-order valence-electron chi connectivity index (χ4n) is 1.22. The molecule has 1 rings (SSSR count). The fraction of sp³-hybridized carbons (Fsp3) is 0.400. The van der Waals surface area contributed by atoms with Gasteiger partial charge >= 0.3 is 5.97 Å². The number of hydrogen-bond acceptors (Lipinski definition) is 7. The van der Waals surface area contributed by atoms with Crippen LogP contribution in [0.3, 0.4) is 0 Å². The third-order valence-corrected chi connectivity index (χ3v) is 1.95. The molecule has 0 bridgehead atoms. The van der Waals surface area contributed by atoms with Gasteiger partial charge in [-0.05, 0) is 6.92 Å². The molecule has 0 unspecified atom stereocenters. The summed E-state index contributed by atoms with van der Waals surface area (Å²) in [4.78, 5) is 24.0. The van der Waals surface area contributed by atoms with Crippen LogP contribution in [0.4, 0.5) is 0 Å². The first-order chi connectivity index (χ1) is 8.13. The number of aliphatic hydroxyl groups is 1. The number of nitrogens with zero attached hydrogens (tertiary/aromatic N) is 3. The molecule has 0 aromatic carbocycles. The van der Waals surface area contributed by atoms with Crippen molar-refractivity contribution in [2.45, 2.75) is 13.5 Å². The zero-order valence-corrected chi connectivity index (χ0v) is 9.80. The van der Waals surface area contributed by atoms with Crippen LogP contribution in [0.2, 0.25) is 0 Å². The Kier molecular flexibility index (Phi) is 4.53. The highest BCUT2D eigenvalue weighted by Gasteiger charge is 2.20. The van der Waals surface area contributed by atoms with E-state index in [1.165, 1.54) is 20.4 Å². The molecule has 0 saturated carbocycles. The van der Waals surface area contributed by atoms with Gasteiger partial charge in [0.1, 0.15) is 12.9 Å². The number of carbonyl (C=O) groups is 1. The van der Waals surface area contributed by atoms with Gasteiger partial charge < -0.3 is 14.7 Å². The first-order valence-electron chi connectivity index (χ1n) is 4.77. The minimum Gasteiger partial charge on any atom is -0.464 e. The van der Waals surface area contributed by atoms with Crippen LogP contribution in [0.25, 0.3) is 0 Å². The summed E-state index contributed by atoms with van der Waals surface area (Å²) in [6, 6.07) is 0. The van der Waals surface area contributed by atoms with E-state index in [-0.39, 0.29) is 17.9 Å². The molecule has 1 aromatic heterocycles. The molecular weight excluding hydrogens is 226 g/mol. The van der Waals surface area contributed by atoms with E-state index in [0.717, 1.165) is 0 Å². The molecule has 0 saturated heterocycles. The van der Waals surface area contributed by atoms with E-state index in [2.05, 4.69) is 24.7 Å². The lowest BCUT2D eigenvalue weighted by molar-refractivity contribution is -0.132. The van der Waals surface area contributed by atoms with E-state index in [1.54, 1.807) is 6.92 Å². The molecule has 0 radical (unpaired) electrons. The quantitative estimate of drug-likeness (QED) is 0.444. The smallest absolute Gasteiger partial charge is 0.360 e. The van der Waals surface area contributed by atoms with Crippen molar-refractivity contribution in [1.29, 1.82) is 0 Å². The highest BCUT2D eigenvalue weighted by Crippen LogP contribution is 2.09. The molecule has 7 nitrogen and oxygen atoms in total. The number of carbonyl (C=O) groups excluding carboxylic acids is 1. The van der Waals surface area contributed by atoms with E-state index in [1.807, 2.05) is 0 Å². The second kappa shape index (κ2) is 5.90. The van der Waals surface area contributed by atoms with Crippen LogP contribution in [-0.2, 0) is 21.0 Å². The largest absolute Gasteiger partial charge is 0.464 e. The van der Waals surface area contributed by atoms with Crippen molar-refractivity contribution in [3.05, 3.63) is 23.3 Å². The number of hydrogen-bond donors (Lipinski definition) is 1. The Morgan fingerprint density at radius 3 is 2.76 bits per heavy atom. The maximum atomic E-state index is 11.5. The molecule has 0 aliphatic carbocycles. The van der Waals surface area contributed by atoms with E-state index >= 15 is 0 Å². The Morgan fingerprint density at radius 1 is 1.53 bits per heavy atom. The topological polar surface area (TPSA) is 93.9 Å². The number of aromatic nitrogens is 2. The van der Waals surface area contributed by atoms with Gasteiger partial charge in [0.2, 0.25) is 0 Å². The summed E-state index contributed by atoms with van der Waals surface area (Å²) in [6.45, 7) is 1.34. The number of ether oxygens (including phenoxy) is 1. The zero-order chi connectivity index (χ0) is 12.8. The fourth-order valence-corrected chi connectivity index (χ4v) is 1.22. The van der Waals surface area contributed by atoms with Crippen LogP contribution >= 0.6 is 0 Å². The Hall–Kier alpha value is -2.02. The summed E-state index contributed by atoms with van der Waals surface area (Å²) in [5.74, 6) is -0.201. The summed E-state index contributed by atoms with van der Waals surface area (Å²) >= 11 is 0. The molecule has 0 aliphatic heterocycles. The predicted molar refractivity (Wildman–Crippen MR) is 58.3 cm³/mol. The molecule has 0 atom stereocenters. The van der Waals surface area contributed by atoms with Crippen LogP contribution in [0.1, 0.15) is 17.1 Å². The van der Waals surface area contributed by atoms with Crippen molar-refractivity contribution in [1.82, 2.24) is 9.97 Å². The lowest BCUT2D eigenvalue weighted by Gasteiger charge is -2.07. The third kappa shape index (κ3) is 2.97. The highest BCUT2D eigenvalue weighted by atomic mass is 16.6. The lowest BCUT2D eigenvalue weighted by Crippen LogP contribution is -2.20. The minimum atomic E-state index is -0.686. The molecule has 7 heteroatoms. The number of oxime groups is 1. The van der Waals surface area contributed by atoms with Crippen LogP contribution < -0.4 is 0 Å². The maximum Gasteiger partial charge on any atom is 0.360 e. The van der Waals surface area contributed by atoms with Crippen LogP contribution in [-0.4, -0.2) is 41.0 Å². The van der Waals surface area contributed by atoms with Crippen molar-refractivity contribution in [2.75, 3.05) is 14.2 Å². The molecule has 1 N–H and O–H groups in total. The number of rotatable bonds is 4. The van der Waals surface area contributed by atoms with Gasteiger partial charge in [-0.25, -0.2) is 14.8 Å².